The third-order valence-corrected chi connectivity index (χ3v) is 4.45. The largest absolute Gasteiger partial charge is 0.231 e. The quantitative estimate of drug-likeness (QED) is 0.587. The molecule has 0 unspecified atom stereocenters. The molecule has 1 aromatic heterocycles. The van der Waals surface area contributed by atoms with Crippen LogP contribution in [0.5, 0.6) is 0 Å². The summed E-state index contributed by atoms with van der Waals surface area (Å²) >= 11 is 1.84. The Kier molecular flexibility index (Phi) is 4.40. The van der Waals surface area contributed by atoms with Gasteiger partial charge < -0.3 is 0 Å². The first-order valence-corrected chi connectivity index (χ1v) is 6.82. The van der Waals surface area contributed by atoms with Crippen LogP contribution in [0.1, 0.15) is 32.1 Å². The minimum absolute atomic E-state index is 0.675. The summed E-state index contributed by atoms with van der Waals surface area (Å²) in [5.41, 5.74) is 0. The minimum atomic E-state index is 0.675. The summed E-state index contributed by atoms with van der Waals surface area (Å²) in [5.74, 6) is 0.764. The molecule has 0 saturated heterocycles. The van der Waals surface area contributed by atoms with Gasteiger partial charge in [-0.2, -0.15) is 0 Å². The molecule has 0 spiro atoms. The Bertz CT molecular complexity index is 326. The van der Waals surface area contributed by atoms with Crippen molar-refractivity contribution < 1.29 is 0 Å². The van der Waals surface area contributed by atoms with Crippen LogP contribution in [-0.2, 0) is 0 Å². The van der Waals surface area contributed by atoms with Crippen LogP contribution < -0.4 is 0 Å². The van der Waals surface area contributed by atoms with Gasteiger partial charge in [0, 0.05) is 17.6 Å². The van der Waals surface area contributed by atoms with Crippen LogP contribution in [0.25, 0.3) is 0 Å². The first kappa shape index (κ1) is 11.6. The van der Waals surface area contributed by atoms with Crippen LogP contribution in [0.3, 0.4) is 0 Å². The van der Waals surface area contributed by atoms with Crippen molar-refractivity contribution in [1.82, 2.24) is 9.97 Å². The predicted molar refractivity (Wildman–Crippen MR) is 68.4 cm³/mol. The van der Waals surface area contributed by atoms with Crippen molar-refractivity contribution in [3.63, 3.8) is 0 Å². The summed E-state index contributed by atoms with van der Waals surface area (Å²) < 4.78 is 0. The molecule has 0 N–H and O–H groups in total. The second kappa shape index (κ2) is 6.04. The number of nitrogens with zero attached hydrogens (tertiary/aromatic N) is 2. The van der Waals surface area contributed by atoms with Crippen LogP contribution in [0.4, 0.5) is 0 Å². The van der Waals surface area contributed by atoms with Crippen molar-refractivity contribution >= 4 is 11.8 Å². The van der Waals surface area contributed by atoms with E-state index in [-0.39, 0.29) is 0 Å². The fourth-order valence-corrected chi connectivity index (χ4v) is 3.53. The molecule has 3 heteroatoms. The molecule has 1 aliphatic carbocycles. The lowest BCUT2D eigenvalue weighted by molar-refractivity contribution is 0.373. The molecule has 86 valence electrons. The molecule has 1 saturated carbocycles. The van der Waals surface area contributed by atoms with Crippen molar-refractivity contribution in [1.29, 1.82) is 0 Å². The summed E-state index contributed by atoms with van der Waals surface area (Å²) in [5, 5.41) is 1.60. The van der Waals surface area contributed by atoms with E-state index in [0.29, 0.717) is 5.25 Å². The fourth-order valence-electron chi connectivity index (χ4n) is 2.29. The molecule has 1 aromatic rings. The van der Waals surface area contributed by atoms with Crippen molar-refractivity contribution in [3.05, 3.63) is 31.1 Å². The average molecular weight is 234 g/mol. The van der Waals surface area contributed by atoms with Gasteiger partial charge in [-0.05, 0) is 31.2 Å². The van der Waals surface area contributed by atoms with E-state index in [9.17, 15) is 0 Å². The summed E-state index contributed by atoms with van der Waals surface area (Å²) in [4.78, 5) is 8.59. The van der Waals surface area contributed by atoms with Gasteiger partial charge in [-0.25, -0.2) is 9.97 Å². The predicted octanol–water partition coefficient (Wildman–Crippen LogP) is 3.70. The van der Waals surface area contributed by atoms with Crippen LogP contribution in [0, 0.1) is 5.92 Å². The van der Waals surface area contributed by atoms with Crippen LogP contribution >= 0.6 is 11.8 Å². The third-order valence-electron chi connectivity index (χ3n) is 3.11. The summed E-state index contributed by atoms with van der Waals surface area (Å²) in [6, 6.07) is 1.87. The zero-order chi connectivity index (χ0) is 11.2. The minimum Gasteiger partial charge on any atom is -0.231 e. The number of thioether (sulfide) groups is 1. The van der Waals surface area contributed by atoms with Gasteiger partial charge >= 0.3 is 0 Å². The Labute approximate surface area is 102 Å². The summed E-state index contributed by atoms with van der Waals surface area (Å²) in [6.07, 6.45) is 12.2. The van der Waals surface area contributed by atoms with Crippen molar-refractivity contribution in [2.75, 3.05) is 0 Å². The number of aromatic nitrogens is 2. The highest BCUT2D eigenvalue weighted by atomic mass is 32.2. The van der Waals surface area contributed by atoms with Gasteiger partial charge in [0.05, 0.1) is 0 Å². The molecular formula is C13H18N2S. The number of hydrogen-bond donors (Lipinski definition) is 0. The third kappa shape index (κ3) is 3.08. The van der Waals surface area contributed by atoms with Crippen molar-refractivity contribution in [2.45, 2.75) is 42.5 Å². The lowest BCUT2D eigenvalue weighted by Crippen LogP contribution is -2.21. The van der Waals surface area contributed by atoms with Crippen LogP contribution in [-0.4, -0.2) is 15.2 Å². The Hall–Kier alpha value is -0.830. The molecule has 0 bridgehead atoms. The summed E-state index contributed by atoms with van der Waals surface area (Å²) in [7, 11) is 0. The molecule has 0 aromatic carbocycles. The van der Waals surface area contributed by atoms with Crippen LogP contribution in [0.2, 0.25) is 0 Å². The summed E-state index contributed by atoms with van der Waals surface area (Å²) in [6.45, 7) is 3.86. The highest BCUT2D eigenvalue weighted by Crippen LogP contribution is 2.37. The Balaban J connectivity index is 1.98. The standard InChI is InChI=1S/C13H18N2S/c1-2-6-11-7-3-4-8-12(11)16-13-14-9-5-10-15-13/h2,5,9-12H,1,3-4,6-8H2/t11-,12-/m1/s1. The number of hydrogen-bond acceptors (Lipinski definition) is 3. The second-order valence-corrected chi connectivity index (χ2v) is 5.46. The van der Waals surface area contributed by atoms with Gasteiger partial charge in [0.15, 0.2) is 5.16 Å². The molecule has 0 aliphatic heterocycles. The monoisotopic (exact) mass is 234 g/mol. The molecule has 0 radical (unpaired) electrons. The van der Waals surface area contributed by atoms with E-state index in [1.54, 1.807) is 0 Å². The Morgan fingerprint density at radius 2 is 2.06 bits per heavy atom. The lowest BCUT2D eigenvalue weighted by atomic mass is 9.86. The lowest BCUT2D eigenvalue weighted by Gasteiger charge is -2.29. The van der Waals surface area contributed by atoms with Gasteiger partial charge in [0.2, 0.25) is 0 Å². The second-order valence-electron chi connectivity index (χ2n) is 4.26. The van der Waals surface area contributed by atoms with Crippen molar-refractivity contribution in [2.24, 2.45) is 5.92 Å². The molecule has 0 amide bonds. The molecule has 2 atom stereocenters. The SMILES string of the molecule is C=CC[C@@H]1CCCC[C@H]1Sc1ncccn1. The van der Waals surface area contributed by atoms with Gasteiger partial charge in [-0.15, -0.1) is 6.58 Å². The molecule has 2 rings (SSSR count). The molecule has 1 heterocycles. The van der Waals surface area contributed by atoms with E-state index < -0.39 is 0 Å². The Morgan fingerprint density at radius 1 is 1.31 bits per heavy atom. The van der Waals surface area contributed by atoms with Gasteiger partial charge in [0.1, 0.15) is 0 Å². The van der Waals surface area contributed by atoms with Crippen LogP contribution in [0.15, 0.2) is 36.3 Å². The molecule has 1 aliphatic rings. The zero-order valence-electron chi connectivity index (χ0n) is 9.51. The number of allylic oxidation sites excluding steroid dienone is 1. The molecule has 1 fully saturated rings. The highest BCUT2D eigenvalue weighted by Gasteiger charge is 2.25. The fraction of sp³-hybridized carbons (Fsp3) is 0.538. The maximum atomic E-state index is 4.29. The first-order chi connectivity index (χ1) is 7.90. The van der Waals surface area contributed by atoms with E-state index in [1.807, 2.05) is 30.2 Å². The zero-order valence-corrected chi connectivity index (χ0v) is 10.3. The van der Waals surface area contributed by atoms with E-state index in [4.69, 9.17) is 0 Å². The van der Waals surface area contributed by atoms with Gasteiger partial charge in [-0.3, -0.25) is 0 Å². The van der Waals surface area contributed by atoms with E-state index in [2.05, 4.69) is 22.6 Å². The smallest absolute Gasteiger partial charge is 0.187 e. The van der Waals surface area contributed by atoms with Gasteiger partial charge in [-0.1, -0.05) is 30.7 Å². The van der Waals surface area contributed by atoms with E-state index in [0.717, 1.165) is 17.5 Å². The van der Waals surface area contributed by atoms with E-state index >= 15 is 0 Å². The maximum Gasteiger partial charge on any atom is 0.187 e. The van der Waals surface area contributed by atoms with E-state index in [1.165, 1.54) is 25.7 Å². The highest BCUT2D eigenvalue weighted by molar-refractivity contribution is 7.99. The van der Waals surface area contributed by atoms with Gasteiger partial charge in [0.25, 0.3) is 0 Å². The molecule has 2 nitrogen and oxygen atoms in total. The van der Waals surface area contributed by atoms with Crippen molar-refractivity contribution in [3.8, 4) is 0 Å². The topological polar surface area (TPSA) is 25.8 Å². The first-order valence-electron chi connectivity index (χ1n) is 5.94. The Morgan fingerprint density at radius 3 is 2.81 bits per heavy atom. The number of rotatable bonds is 4. The average Bonchev–Trinajstić information content (AvgIpc) is 2.33. The molecular weight excluding hydrogens is 216 g/mol. The normalized spacial score (nSPS) is 25.2. The molecule has 16 heavy (non-hydrogen) atoms. The maximum absolute atomic E-state index is 4.29.